The summed E-state index contributed by atoms with van der Waals surface area (Å²) >= 11 is 3.63. The Kier molecular flexibility index (Phi) is 8.15. The van der Waals surface area contributed by atoms with E-state index in [1.165, 1.54) is 23.3 Å². The van der Waals surface area contributed by atoms with Gasteiger partial charge in [-0.2, -0.15) is 18.3 Å². The van der Waals surface area contributed by atoms with E-state index in [1.807, 2.05) is 47.1 Å². The second-order valence-corrected chi connectivity index (χ2v) is 11.1. The Bertz CT molecular complexity index is 1540. The van der Waals surface area contributed by atoms with Gasteiger partial charge in [0.1, 0.15) is 4.60 Å². The molecule has 0 bridgehead atoms. The molecule has 0 radical (unpaired) electrons. The maximum atomic E-state index is 13.6. The molecule has 5 rings (SSSR count). The molecule has 0 atom stereocenters. The van der Waals surface area contributed by atoms with Gasteiger partial charge < -0.3 is 4.74 Å². The third kappa shape index (κ3) is 6.01. The topological polar surface area (TPSA) is 27.1 Å². The van der Waals surface area contributed by atoms with E-state index in [2.05, 4.69) is 59.1 Å². The summed E-state index contributed by atoms with van der Waals surface area (Å²) in [6.07, 6.45) is -3.71. The fraction of sp³-hybridized carbons (Fsp3) is 0.242. The summed E-state index contributed by atoms with van der Waals surface area (Å²) in [5, 5.41) is 5.54. The summed E-state index contributed by atoms with van der Waals surface area (Å²) in [5.74, 6) is 0.0620. The SMILES string of the molecule is CC(C)(OCCCn1nc2cc(-c3ccccc3C(F)(F)F)ccc2c1Br)C(c1ccccc1)c1ccccc1. The lowest BCUT2D eigenvalue weighted by molar-refractivity contribution is -0.137. The minimum atomic E-state index is -4.43. The molecule has 1 heterocycles. The van der Waals surface area contributed by atoms with Gasteiger partial charge in [-0.05, 0) is 76.7 Å². The Morgan fingerprint density at radius 3 is 2.05 bits per heavy atom. The maximum absolute atomic E-state index is 13.6. The summed E-state index contributed by atoms with van der Waals surface area (Å²) in [6, 6.07) is 31.6. The molecule has 0 aliphatic heterocycles. The number of ether oxygens (including phenoxy) is 1. The van der Waals surface area contributed by atoms with E-state index in [1.54, 1.807) is 18.2 Å². The van der Waals surface area contributed by atoms with Crippen LogP contribution in [0.1, 0.15) is 42.9 Å². The van der Waals surface area contributed by atoms with Crippen LogP contribution in [0.3, 0.4) is 0 Å². The van der Waals surface area contributed by atoms with Crippen LogP contribution in [0.5, 0.6) is 0 Å². The first-order valence-electron chi connectivity index (χ1n) is 13.2. The number of benzene rings is 4. The van der Waals surface area contributed by atoms with E-state index in [0.29, 0.717) is 24.2 Å². The zero-order chi connectivity index (χ0) is 28.3. The van der Waals surface area contributed by atoms with Crippen molar-refractivity contribution < 1.29 is 17.9 Å². The quantitative estimate of drug-likeness (QED) is 0.156. The van der Waals surface area contributed by atoms with Crippen LogP contribution in [0.2, 0.25) is 0 Å². The van der Waals surface area contributed by atoms with Crippen molar-refractivity contribution in [1.29, 1.82) is 0 Å². The largest absolute Gasteiger partial charge is 0.417 e. The molecule has 206 valence electrons. The number of alkyl halides is 3. The predicted octanol–water partition coefficient (Wildman–Crippen LogP) is 9.50. The van der Waals surface area contributed by atoms with E-state index in [0.717, 1.165) is 22.5 Å². The van der Waals surface area contributed by atoms with Gasteiger partial charge in [0.05, 0.1) is 16.7 Å². The van der Waals surface area contributed by atoms with Gasteiger partial charge in [-0.15, -0.1) is 0 Å². The zero-order valence-electron chi connectivity index (χ0n) is 22.3. The predicted molar refractivity (Wildman–Crippen MR) is 157 cm³/mol. The normalized spacial score (nSPS) is 12.4. The lowest BCUT2D eigenvalue weighted by Gasteiger charge is -2.35. The number of fused-ring (bicyclic) bond motifs is 1. The molecule has 0 N–H and O–H groups in total. The average molecular weight is 608 g/mol. The van der Waals surface area contributed by atoms with Crippen LogP contribution in [0.15, 0.2) is 108 Å². The maximum Gasteiger partial charge on any atom is 0.417 e. The summed E-state index contributed by atoms with van der Waals surface area (Å²) in [4.78, 5) is 0. The van der Waals surface area contributed by atoms with Gasteiger partial charge in [-0.25, -0.2) is 0 Å². The molecule has 1 aromatic heterocycles. The van der Waals surface area contributed by atoms with Gasteiger partial charge in [0.15, 0.2) is 0 Å². The number of hydrogen-bond acceptors (Lipinski definition) is 2. The van der Waals surface area contributed by atoms with Crippen LogP contribution >= 0.6 is 15.9 Å². The highest BCUT2D eigenvalue weighted by Gasteiger charge is 2.34. The van der Waals surface area contributed by atoms with Gasteiger partial charge in [0.25, 0.3) is 0 Å². The number of aromatic nitrogens is 2. The lowest BCUT2D eigenvalue weighted by atomic mass is 9.79. The van der Waals surface area contributed by atoms with Crippen molar-refractivity contribution in [2.24, 2.45) is 0 Å². The molecule has 0 spiro atoms. The highest BCUT2D eigenvalue weighted by Crippen LogP contribution is 2.39. The zero-order valence-corrected chi connectivity index (χ0v) is 23.9. The molecule has 0 saturated carbocycles. The Morgan fingerprint density at radius 1 is 0.825 bits per heavy atom. The van der Waals surface area contributed by atoms with Crippen LogP contribution in [0.4, 0.5) is 13.2 Å². The van der Waals surface area contributed by atoms with Crippen molar-refractivity contribution in [3.63, 3.8) is 0 Å². The first-order chi connectivity index (χ1) is 19.1. The number of nitrogens with zero attached hydrogens (tertiary/aromatic N) is 2. The highest BCUT2D eigenvalue weighted by molar-refractivity contribution is 9.10. The Hall–Kier alpha value is -3.42. The van der Waals surface area contributed by atoms with Crippen molar-refractivity contribution in [2.45, 2.75) is 44.5 Å². The molecular weight excluding hydrogens is 577 g/mol. The van der Waals surface area contributed by atoms with Gasteiger partial charge in [0, 0.05) is 24.5 Å². The minimum Gasteiger partial charge on any atom is -0.375 e. The molecule has 5 aromatic rings. The number of halogens is 4. The first-order valence-corrected chi connectivity index (χ1v) is 14.0. The molecule has 0 saturated heterocycles. The smallest absolute Gasteiger partial charge is 0.375 e. The summed E-state index contributed by atoms with van der Waals surface area (Å²) in [5.41, 5.74) is 2.54. The Labute approximate surface area is 240 Å². The first kappa shape index (κ1) is 28.1. The number of rotatable bonds is 9. The van der Waals surface area contributed by atoms with Gasteiger partial charge in [0.2, 0.25) is 0 Å². The van der Waals surface area contributed by atoms with E-state index in [-0.39, 0.29) is 11.5 Å². The van der Waals surface area contributed by atoms with Crippen molar-refractivity contribution >= 4 is 26.8 Å². The number of aryl methyl sites for hydroxylation is 1. The van der Waals surface area contributed by atoms with Crippen molar-refractivity contribution in [3.8, 4) is 11.1 Å². The third-order valence-corrected chi connectivity index (χ3v) is 8.00. The van der Waals surface area contributed by atoms with Gasteiger partial charge in [-0.3, -0.25) is 4.68 Å². The van der Waals surface area contributed by atoms with Crippen LogP contribution in [-0.4, -0.2) is 22.0 Å². The Balaban J connectivity index is 1.31. The van der Waals surface area contributed by atoms with Crippen LogP contribution in [-0.2, 0) is 17.5 Å². The molecule has 40 heavy (non-hydrogen) atoms. The standard InChI is InChI=1S/C33H30BrF3N2O/c1-32(2,30(23-12-5-3-6-13-23)24-14-7-4-8-15-24)40-21-11-20-39-31(34)27-19-18-25(22-29(27)38-39)26-16-9-10-17-28(26)33(35,36)37/h3-10,12-19,22,30H,11,20-21H2,1-2H3. The Morgan fingerprint density at radius 2 is 1.43 bits per heavy atom. The lowest BCUT2D eigenvalue weighted by Crippen LogP contribution is -2.34. The van der Waals surface area contributed by atoms with Crippen LogP contribution < -0.4 is 0 Å². The van der Waals surface area contributed by atoms with Crippen molar-refractivity contribution in [3.05, 3.63) is 124 Å². The fourth-order valence-corrected chi connectivity index (χ4v) is 5.91. The van der Waals surface area contributed by atoms with Gasteiger partial charge >= 0.3 is 6.18 Å². The molecule has 0 unspecified atom stereocenters. The van der Waals surface area contributed by atoms with Crippen LogP contribution in [0, 0.1) is 0 Å². The van der Waals surface area contributed by atoms with E-state index in [4.69, 9.17) is 4.74 Å². The second-order valence-electron chi connectivity index (χ2n) is 10.3. The molecule has 4 aromatic carbocycles. The molecule has 0 aliphatic carbocycles. The third-order valence-electron chi connectivity index (χ3n) is 7.17. The number of hydrogen-bond donors (Lipinski definition) is 0. The molecular formula is C33H30BrF3N2O. The second kappa shape index (κ2) is 11.6. The van der Waals surface area contributed by atoms with Crippen LogP contribution in [0.25, 0.3) is 22.0 Å². The fourth-order valence-electron chi connectivity index (χ4n) is 5.32. The van der Waals surface area contributed by atoms with E-state index >= 15 is 0 Å². The van der Waals surface area contributed by atoms with Crippen molar-refractivity contribution in [2.75, 3.05) is 6.61 Å². The molecule has 0 fully saturated rings. The van der Waals surface area contributed by atoms with Crippen molar-refractivity contribution in [1.82, 2.24) is 9.78 Å². The minimum absolute atomic E-state index is 0.0620. The highest BCUT2D eigenvalue weighted by atomic mass is 79.9. The molecule has 0 aliphatic rings. The van der Waals surface area contributed by atoms with E-state index < -0.39 is 17.3 Å². The molecule has 3 nitrogen and oxygen atoms in total. The van der Waals surface area contributed by atoms with E-state index in [9.17, 15) is 13.2 Å². The summed E-state index contributed by atoms with van der Waals surface area (Å²) in [7, 11) is 0. The monoisotopic (exact) mass is 606 g/mol. The van der Waals surface area contributed by atoms with Gasteiger partial charge in [-0.1, -0.05) is 84.9 Å². The average Bonchev–Trinajstić information content (AvgIpc) is 3.26. The molecule has 0 amide bonds. The molecule has 7 heteroatoms. The summed E-state index contributed by atoms with van der Waals surface area (Å²) < 4.78 is 49.9. The summed E-state index contributed by atoms with van der Waals surface area (Å²) in [6.45, 7) is 5.36.